The fourth-order valence-electron chi connectivity index (χ4n) is 3.27. The number of nitrogens with one attached hydrogen (secondary N) is 1. The predicted molar refractivity (Wildman–Crippen MR) is 84.1 cm³/mol. The molecule has 0 radical (unpaired) electrons. The first-order chi connectivity index (χ1) is 10.7. The van der Waals surface area contributed by atoms with Gasteiger partial charge in [0.05, 0.1) is 0 Å². The van der Waals surface area contributed by atoms with Gasteiger partial charge in [-0.05, 0) is 37.8 Å². The zero-order valence-corrected chi connectivity index (χ0v) is 12.8. The highest BCUT2D eigenvalue weighted by Gasteiger charge is 2.35. The van der Waals surface area contributed by atoms with Crippen LogP contribution in [0.4, 0.5) is 0 Å². The van der Waals surface area contributed by atoms with Crippen LogP contribution in [0.25, 0.3) is 5.65 Å². The Hall–Kier alpha value is -2.35. The van der Waals surface area contributed by atoms with Crippen molar-refractivity contribution in [2.75, 3.05) is 0 Å². The second-order valence-corrected chi connectivity index (χ2v) is 5.89. The summed E-state index contributed by atoms with van der Waals surface area (Å²) in [5.74, 6) is 5.95. The second-order valence-electron chi connectivity index (χ2n) is 5.89. The molecule has 2 heterocycles. The molecule has 5 nitrogen and oxygen atoms in total. The van der Waals surface area contributed by atoms with Crippen LogP contribution in [0.2, 0.25) is 0 Å². The Balaban J connectivity index is 1.89. The van der Waals surface area contributed by atoms with Gasteiger partial charge in [-0.15, -0.1) is 10.2 Å². The highest BCUT2D eigenvalue weighted by Crippen LogP contribution is 2.31. The molecule has 1 saturated carbocycles. The van der Waals surface area contributed by atoms with Crippen LogP contribution in [0.5, 0.6) is 0 Å². The predicted octanol–water partition coefficient (Wildman–Crippen LogP) is 2.11. The molecular formula is C17H20N4O. The Morgan fingerprint density at radius 2 is 2.14 bits per heavy atom. The lowest BCUT2D eigenvalue weighted by molar-refractivity contribution is -0.118. The summed E-state index contributed by atoms with van der Waals surface area (Å²) in [7, 11) is 0. The fourth-order valence-corrected chi connectivity index (χ4v) is 3.27. The number of nitrogens with zero attached hydrogens (tertiary/aromatic N) is 3. The van der Waals surface area contributed by atoms with Crippen molar-refractivity contribution in [1.29, 1.82) is 0 Å². The van der Waals surface area contributed by atoms with E-state index in [9.17, 15) is 4.79 Å². The summed E-state index contributed by atoms with van der Waals surface area (Å²) in [6.45, 7) is 1.68. The van der Waals surface area contributed by atoms with Gasteiger partial charge in [0, 0.05) is 18.2 Å². The fraction of sp³-hybridized carbons (Fsp3) is 0.471. The number of hydrogen-bond donors (Lipinski definition) is 1. The normalized spacial score (nSPS) is 16.8. The summed E-state index contributed by atoms with van der Waals surface area (Å²) in [6.07, 6.45) is 8.05. The van der Waals surface area contributed by atoms with Crippen LogP contribution < -0.4 is 5.32 Å². The molecule has 0 spiro atoms. The monoisotopic (exact) mass is 296 g/mol. The second kappa shape index (κ2) is 6.18. The minimum atomic E-state index is -0.252. The number of carbonyl (C=O) groups excluding carboxylic acids is 1. The zero-order chi connectivity index (χ0) is 15.4. The van der Waals surface area contributed by atoms with Gasteiger partial charge in [-0.3, -0.25) is 9.20 Å². The minimum Gasteiger partial charge on any atom is -0.339 e. The standard InChI is InChI=1S/C17H20N4O/c1-2-8-16(22)18-17(10-5-3-6-11-17)13-15-20-19-14-9-4-7-12-21(14)15/h4,7,9,12H,3,5-6,10-11,13H2,1H3,(H,18,22). The summed E-state index contributed by atoms with van der Waals surface area (Å²) in [6, 6.07) is 5.85. The molecule has 0 saturated heterocycles. The summed E-state index contributed by atoms with van der Waals surface area (Å²) in [5.41, 5.74) is 0.584. The topological polar surface area (TPSA) is 59.3 Å². The number of pyridine rings is 1. The smallest absolute Gasteiger partial charge is 0.296 e. The Morgan fingerprint density at radius 3 is 2.91 bits per heavy atom. The molecule has 1 amide bonds. The molecule has 0 aromatic carbocycles. The summed E-state index contributed by atoms with van der Waals surface area (Å²) >= 11 is 0. The molecule has 1 fully saturated rings. The van der Waals surface area contributed by atoms with Crippen LogP contribution >= 0.6 is 0 Å². The van der Waals surface area contributed by atoms with E-state index in [1.54, 1.807) is 6.92 Å². The molecule has 0 atom stereocenters. The van der Waals surface area contributed by atoms with Crippen molar-refractivity contribution in [3.63, 3.8) is 0 Å². The number of fused-ring (bicyclic) bond motifs is 1. The van der Waals surface area contributed by atoms with Crippen LogP contribution in [0.3, 0.4) is 0 Å². The molecule has 1 aliphatic rings. The Morgan fingerprint density at radius 1 is 1.32 bits per heavy atom. The van der Waals surface area contributed by atoms with Gasteiger partial charge in [0.1, 0.15) is 5.82 Å². The van der Waals surface area contributed by atoms with Crippen LogP contribution in [0.1, 0.15) is 44.9 Å². The van der Waals surface area contributed by atoms with E-state index in [4.69, 9.17) is 0 Å². The van der Waals surface area contributed by atoms with Crippen molar-refractivity contribution in [3.05, 3.63) is 30.2 Å². The van der Waals surface area contributed by atoms with Gasteiger partial charge in [0.25, 0.3) is 5.91 Å². The van der Waals surface area contributed by atoms with E-state index in [0.29, 0.717) is 6.42 Å². The molecule has 2 aromatic heterocycles. The molecule has 0 bridgehead atoms. The quantitative estimate of drug-likeness (QED) is 0.883. The average Bonchev–Trinajstić information content (AvgIpc) is 2.91. The van der Waals surface area contributed by atoms with Crippen molar-refractivity contribution in [3.8, 4) is 11.8 Å². The molecule has 1 N–H and O–H groups in total. The molecule has 3 rings (SSSR count). The molecule has 0 aliphatic heterocycles. The number of hydrogen-bond acceptors (Lipinski definition) is 3. The van der Waals surface area contributed by atoms with Crippen molar-refractivity contribution in [2.45, 2.75) is 51.0 Å². The summed E-state index contributed by atoms with van der Waals surface area (Å²) in [5, 5.41) is 11.7. The lowest BCUT2D eigenvalue weighted by atomic mass is 9.79. The molecule has 1 aliphatic carbocycles. The van der Waals surface area contributed by atoms with Crippen molar-refractivity contribution >= 4 is 11.6 Å². The maximum atomic E-state index is 12.0. The van der Waals surface area contributed by atoms with Gasteiger partial charge in [-0.1, -0.05) is 31.2 Å². The molecule has 22 heavy (non-hydrogen) atoms. The van der Waals surface area contributed by atoms with Crippen LogP contribution in [0, 0.1) is 11.8 Å². The lowest BCUT2D eigenvalue weighted by Crippen LogP contribution is -2.51. The zero-order valence-electron chi connectivity index (χ0n) is 12.8. The highest BCUT2D eigenvalue weighted by molar-refractivity contribution is 5.93. The summed E-state index contributed by atoms with van der Waals surface area (Å²) in [4.78, 5) is 12.0. The molecule has 114 valence electrons. The van der Waals surface area contributed by atoms with Gasteiger partial charge in [-0.2, -0.15) is 0 Å². The van der Waals surface area contributed by atoms with E-state index >= 15 is 0 Å². The number of carbonyl (C=O) groups is 1. The van der Waals surface area contributed by atoms with E-state index in [1.807, 2.05) is 28.8 Å². The number of amides is 1. The number of aromatic nitrogens is 3. The van der Waals surface area contributed by atoms with Gasteiger partial charge in [0.15, 0.2) is 5.65 Å². The third-order valence-corrected chi connectivity index (χ3v) is 4.31. The maximum Gasteiger partial charge on any atom is 0.296 e. The first kappa shape index (κ1) is 14.6. The van der Waals surface area contributed by atoms with E-state index in [-0.39, 0.29) is 11.4 Å². The molecule has 2 aromatic rings. The van der Waals surface area contributed by atoms with Gasteiger partial charge in [0.2, 0.25) is 0 Å². The van der Waals surface area contributed by atoms with E-state index in [2.05, 4.69) is 27.4 Å². The largest absolute Gasteiger partial charge is 0.339 e. The molecule has 0 unspecified atom stereocenters. The average molecular weight is 296 g/mol. The minimum absolute atomic E-state index is 0.196. The van der Waals surface area contributed by atoms with Crippen molar-refractivity contribution in [2.24, 2.45) is 0 Å². The van der Waals surface area contributed by atoms with Crippen LogP contribution in [0.15, 0.2) is 24.4 Å². The Labute approximate surface area is 130 Å². The Kier molecular flexibility index (Phi) is 4.10. The van der Waals surface area contributed by atoms with Crippen molar-refractivity contribution in [1.82, 2.24) is 19.9 Å². The van der Waals surface area contributed by atoms with Crippen LogP contribution in [-0.4, -0.2) is 26.0 Å². The summed E-state index contributed by atoms with van der Waals surface area (Å²) < 4.78 is 1.99. The van der Waals surface area contributed by atoms with Gasteiger partial charge >= 0.3 is 0 Å². The SMILES string of the molecule is CC#CC(=O)NC1(Cc2nnc3ccccn23)CCCCC1. The maximum absolute atomic E-state index is 12.0. The van der Waals surface area contributed by atoms with Gasteiger partial charge in [-0.25, -0.2) is 0 Å². The van der Waals surface area contributed by atoms with E-state index < -0.39 is 0 Å². The lowest BCUT2D eigenvalue weighted by Gasteiger charge is -2.37. The van der Waals surface area contributed by atoms with Crippen LogP contribution in [-0.2, 0) is 11.2 Å². The molecule has 5 heteroatoms. The number of rotatable bonds is 3. The molecular weight excluding hydrogens is 276 g/mol. The first-order valence-electron chi connectivity index (χ1n) is 7.76. The van der Waals surface area contributed by atoms with E-state index in [0.717, 1.165) is 37.2 Å². The first-order valence-corrected chi connectivity index (χ1v) is 7.76. The Bertz CT molecular complexity index is 732. The third-order valence-electron chi connectivity index (χ3n) is 4.31. The third kappa shape index (κ3) is 2.96. The highest BCUT2D eigenvalue weighted by atomic mass is 16.1. The van der Waals surface area contributed by atoms with Crippen molar-refractivity contribution < 1.29 is 4.79 Å². The van der Waals surface area contributed by atoms with E-state index in [1.165, 1.54) is 6.42 Å². The van der Waals surface area contributed by atoms with Gasteiger partial charge < -0.3 is 5.32 Å².